The smallest absolute Gasteiger partial charge is 0.109 e. The predicted molar refractivity (Wildman–Crippen MR) is 74.2 cm³/mol. The van der Waals surface area contributed by atoms with Crippen LogP contribution in [0.3, 0.4) is 0 Å². The van der Waals surface area contributed by atoms with Crippen LogP contribution in [0, 0.1) is 0 Å². The molecule has 0 amide bonds. The number of nitrogens with zero attached hydrogens (tertiary/aromatic N) is 2. The van der Waals surface area contributed by atoms with Gasteiger partial charge in [-0.05, 0) is 24.1 Å². The Morgan fingerprint density at radius 1 is 1.21 bits per heavy atom. The normalized spacial score (nSPS) is 12.6. The second kappa shape index (κ2) is 6.70. The monoisotopic (exact) mass is 280 g/mol. The summed E-state index contributed by atoms with van der Waals surface area (Å²) in [6, 6.07) is 7.74. The van der Waals surface area contributed by atoms with E-state index in [4.69, 9.17) is 16.7 Å². The van der Waals surface area contributed by atoms with E-state index in [0.717, 1.165) is 23.7 Å². The van der Waals surface area contributed by atoms with Crippen LogP contribution in [0.2, 0.25) is 5.02 Å². The van der Waals surface area contributed by atoms with Crippen molar-refractivity contribution in [2.75, 3.05) is 6.61 Å². The molecule has 4 nitrogen and oxygen atoms in total. The first-order valence-corrected chi connectivity index (χ1v) is 6.60. The van der Waals surface area contributed by atoms with Crippen molar-refractivity contribution >= 4 is 11.6 Å². The Labute approximate surface area is 117 Å². The van der Waals surface area contributed by atoms with Crippen molar-refractivity contribution in [2.45, 2.75) is 25.5 Å². The van der Waals surface area contributed by atoms with E-state index in [9.17, 15) is 5.11 Å². The number of hydrogen-bond acceptors (Lipinski definition) is 3. The number of hydrogen-bond donors (Lipinski definition) is 2. The maximum atomic E-state index is 9.46. The van der Waals surface area contributed by atoms with Crippen LogP contribution in [0.15, 0.2) is 36.7 Å². The van der Waals surface area contributed by atoms with Gasteiger partial charge in [-0.15, -0.1) is 0 Å². The molecule has 0 fully saturated rings. The standard InChI is InChI=1S/C14H17ClN2O2/c15-12-4-1-11(2-5-12)3-6-14-16-7-8-17(14)9-13(19)10-18/h1-2,4-5,7-8,13,18-19H,3,6,9-10H2. The third-order valence-electron chi connectivity index (χ3n) is 2.97. The van der Waals surface area contributed by atoms with Crippen LogP contribution >= 0.6 is 11.6 Å². The van der Waals surface area contributed by atoms with Crippen LogP contribution in [-0.4, -0.2) is 32.5 Å². The predicted octanol–water partition coefficient (Wildman–Crippen LogP) is 1.67. The number of imidazole rings is 1. The van der Waals surface area contributed by atoms with E-state index >= 15 is 0 Å². The summed E-state index contributed by atoms with van der Waals surface area (Å²) in [5.74, 6) is 0.905. The van der Waals surface area contributed by atoms with Crippen molar-refractivity contribution in [1.29, 1.82) is 0 Å². The second-order valence-corrected chi connectivity index (χ2v) is 4.90. The summed E-state index contributed by atoms with van der Waals surface area (Å²) < 4.78 is 1.87. The maximum absolute atomic E-state index is 9.46. The van der Waals surface area contributed by atoms with Crippen molar-refractivity contribution in [3.8, 4) is 0 Å². The van der Waals surface area contributed by atoms with Crippen LogP contribution in [0.4, 0.5) is 0 Å². The molecule has 0 aliphatic rings. The van der Waals surface area contributed by atoms with Gasteiger partial charge < -0.3 is 14.8 Å². The van der Waals surface area contributed by atoms with E-state index in [0.29, 0.717) is 6.54 Å². The molecule has 5 heteroatoms. The zero-order valence-corrected chi connectivity index (χ0v) is 11.3. The summed E-state index contributed by atoms with van der Waals surface area (Å²) >= 11 is 5.84. The molecule has 0 aliphatic heterocycles. The van der Waals surface area contributed by atoms with Crippen LogP contribution in [0.25, 0.3) is 0 Å². The van der Waals surface area contributed by atoms with Crippen LogP contribution in [0.1, 0.15) is 11.4 Å². The Hall–Kier alpha value is -1.36. The lowest BCUT2D eigenvalue weighted by molar-refractivity contribution is 0.0805. The van der Waals surface area contributed by atoms with Gasteiger partial charge in [-0.1, -0.05) is 23.7 Å². The summed E-state index contributed by atoms with van der Waals surface area (Å²) in [7, 11) is 0. The summed E-state index contributed by atoms with van der Waals surface area (Å²) in [5.41, 5.74) is 1.20. The van der Waals surface area contributed by atoms with E-state index in [2.05, 4.69) is 4.98 Å². The van der Waals surface area contributed by atoms with Crippen molar-refractivity contribution in [3.05, 3.63) is 53.1 Å². The fourth-order valence-corrected chi connectivity index (χ4v) is 2.05. The first-order valence-electron chi connectivity index (χ1n) is 6.22. The summed E-state index contributed by atoms with van der Waals surface area (Å²) in [6.45, 7) is 0.126. The number of halogens is 1. The van der Waals surface area contributed by atoms with E-state index in [1.54, 1.807) is 6.20 Å². The molecule has 0 spiro atoms. The van der Waals surface area contributed by atoms with Gasteiger partial charge in [0.25, 0.3) is 0 Å². The molecule has 2 aromatic rings. The molecule has 0 bridgehead atoms. The van der Waals surface area contributed by atoms with Crippen LogP contribution < -0.4 is 0 Å². The lowest BCUT2D eigenvalue weighted by Crippen LogP contribution is -2.21. The van der Waals surface area contributed by atoms with Gasteiger partial charge in [0.2, 0.25) is 0 Å². The number of benzene rings is 1. The third kappa shape index (κ3) is 4.06. The number of aryl methyl sites for hydroxylation is 2. The van der Waals surface area contributed by atoms with Gasteiger partial charge in [0.05, 0.1) is 19.3 Å². The molecule has 2 N–H and O–H groups in total. The van der Waals surface area contributed by atoms with E-state index < -0.39 is 6.10 Å². The zero-order valence-electron chi connectivity index (χ0n) is 10.5. The molecule has 1 aromatic carbocycles. The minimum atomic E-state index is -0.747. The summed E-state index contributed by atoms with van der Waals surface area (Å²) in [6.07, 6.45) is 4.43. The van der Waals surface area contributed by atoms with Crippen molar-refractivity contribution in [3.63, 3.8) is 0 Å². The fourth-order valence-electron chi connectivity index (χ4n) is 1.93. The highest BCUT2D eigenvalue weighted by Gasteiger charge is 2.08. The largest absolute Gasteiger partial charge is 0.394 e. The number of aliphatic hydroxyl groups excluding tert-OH is 2. The lowest BCUT2D eigenvalue weighted by Gasteiger charge is -2.11. The molecule has 1 unspecified atom stereocenters. The Balaban J connectivity index is 1.96. The first kappa shape index (κ1) is 14.1. The lowest BCUT2D eigenvalue weighted by atomic mass is 10.1. The maximum Gasteiger partial charge on any atom is 0.109 e. The topological polar surface area (TPSA) is 58.3 Å². The van der Waals surface area contributed by atoms with E-state index in [1.807, 2.05) is 35.0 Å². The van der Waals surface area contributed by atoms with Gasteiger partial charge in [0, 0.05) is 23.8 Å². The average Bonchev–Trinajstić information content (AvgIpc) is 2.85. The molecule has 0 saturated carbocycles. The minimum Gasteiger partial charge on any atom is -0.394 e. The Morgan fingerprint density at radius 3 is 2.63 bits per heavy atom. The fraction of sp³-hybridized carbons (Fsp3) is 0.357. The van der Waals surface area contributed by atoms with Crippen molar-refractivity contribution in [2.24, 2.45) is 0 Å². The number of aliphatic hydroxyl groups is 2. The quantitative estimate of drug-likeness (QED) is 0.846. The second-order valence-electron chi connectivity index (χ2n) is 4.46. The van der Waals surface area contributed by atoms with E-state index in [-0.39, 0.29) is 6.61 Å². The Morgan fingerprint density at radius 2 is 1.95 bits per heavy atom. The highest BCUT2D eigenvalue weighted by molar-refractivity contribution is 6.30. The summed E-state index contributed by atoms with van der Waals surface area (Å²) in [4.78, 5) is 4.28. The molecule has 0 aliphatic carbocycles. The number of rotatable bonds is 6. The van der Waals surface area contributed by atoms with Crippen molar-refractivity contribution < 1.29 is 10.2 Å². The van der Waals surface area contributed by atoms with Gasteiger partial charge in [0.1, 0.15) is 5.82 Å². The molecule has 0 saturated heterocycles. The average molecular weight is 281 g/mol. The summed E-state index contributed by atoms with van der Waals surface area (Å²) in [5, 5.41) is 19.1. The highest BCUT2D eigenvalue weighted by atomic mass is 35.5. The van der Waals surface area contributed by atoms with E-state index in [1.165, 1.54) is 5.56 Å². The molecular formula is C14H17ClN2O2. The van der Waals surface area contributed by atoms with Gasteiger partial charge in [-0.3, -0.25) is 0 Å². The molecule has 102 valence electrons. The van der Waals surface area contributed by atoms with Crippen LogP contribution in [0.5, 0.6) is 0 Å². The SMILES string of the molecule is OCC(O)Cn1ccnc1CCc1ccc(Cl)cc1. The zero-order chi connectivity index (χ0) is 13.7. The molecule has 19 heavy (non-hydrogen) atoms. The van der Waals surface area contributed by atoms with Gasteiger partial charge in [0.15, 0.2) is 0 Å². The molecule has 1 heterocycles. The third-order valence-corrected chi connectivity index (χ3v) is 3.22. The Bertz CT molecular complexity index is 510. The first-order chi connectivity index (χ1) is 9.19. The molecule has 1 aromatic heterocycles. The highest BCUT2D eigenvalue weighted by Crippen LogP contribution is 2.12. The molecule has 1 atom stereocenters. The van der Waals surface area contributed by atoms with Gasteiger partial charge in [-0.2, -0.15) is 0 Å². The van der Waals surface area contributed by atoms with Crippen LogP contribution in [-0.2, 0) is 19.4 Å². The van der Waals surface area contributed by atoms with Gasteiger partial charge >= 0.3 is 0 Å². The Kier molecular flexibility index (Phi) is 4.96. The van der Waals surface area contributed by atoms with Gasteiger partial charge in [-0.25, -0.2) is 4.98 Å². The van der Waals surface area contributed by atoms with Crippen molar-refractivity contribution in [1.82, 2.24) is 9.55 Å². The molecule has 0 radical (unpaired) electrons. The molecular weight excluding hydrogens is 264 g/mol. The molecule has 2 rings (SSSR count). The number of aromatic nitrogens is 2. The minimum absolute atomic E-state index is 0.241.